The van der Waals surface area contributed by atoms with Crippen LogP contribution in [0.2, 0.25) is 0 Å². The van der Waals surface area contributed by atoms with Crippen molar-refractivity contribution in [3.63, 3.8) is 0 Å². The van der Waals surface area contributed by atoms with Gasteiger partial charge in [-0.05, 0) is 30.6 Å². The highest BCUT2D eigenvalue weighted by atomic mass is 16.6. The molecule has 0 N–H and O–H groups in total. The topological polar surface area (TPSA) is 43.4 Å². The molecule has 0 aromatic rings. The summed E-state index contributed by atoms with van der Waals surface area (Å²) >= 11 is 0. The second kappa shape index (κ2) is 3.06. The van der Waals surface area contributed by atoms with Crippen molar-refractivity contribution in [1.29, 1.82) is 0 Å². The maximum Gasteiger partial charge on any atom is 0.320 e. The standard InChI is InChI=1S/C12H18O3/c1-8-4-11(2,3)7-12(5-8)6-9(13)15-10(12)14/h8H,4-7H2,1-3H3/t8-,12-/m1/s1. The van der Waals surface area contributed by atoms with E-state index in [0.29, 0.717) is 12.3 Å². The highest BCUT2D eigenvalue weighted by Crippen LogP contribution is 2.53. The van der Waals surface area contributed by atoms with Gasteiger partial charge in [0.15, 0.2) is 0 Å². The van der Waals surface area contributed by atoms with E-state index in [4.69, 9.17) is 4.74 Å². The predicted molar refractivity (Wildman–Crippen MR) is 54.9 cm³/mol. The van der Waals surface area contributed by atoms with E-state index in [0.717, 1.165) is 19.3 Å². The molecule has 1 aliphatic carbocycles. The van der Waals surface area contributed by atoms with Gasteiger partial charge in [-0.25, -0.2) is 0 Å². The van der Waals surface area contributed by atoms with Crippen LogP contribution in [-0.2, 0) is 14.3 Å². The molecular weight excluding hydrogens is 192 g/mol. The summed E-state index contributed by atoms with van der Waals surface area (Å²) in [6, 6.07) is 0. The molecule has 2 aliphatic rings. The predicted octanol–water partition coefficient (Wildman–Crippen LogP) is 2.29. The molecule has 2 fully saturated rings. The third-order valence-corrected chi connectivity index (χ3v) is 3.58. The van der Waals surface area contributed by atoms with E-state index >= 15 is 0 Å². The molecule has 1 spiro atoms. The summed E-state index contributed by atoms with van der Waals surface area (Å²) in [5.41, 5.74) is -0.362. The maximum absolute atomic E-state index is 11.8. The fraction of sp³-hybridized carbons (Fsp3) is 0.833. The Hall–Kier alpha value is -0.860. The van der Waals surface area contributed by atoms with Crippen molar-refractivity contribution in [3.8, 4) is 0 Å². The first kappa shape index (κ1) is 10.7. The molecule has 84 valence electrons. The summed E-state index contributed by atoms with van der Waals surface area (Å²) in [4.78, 5) is 23.0. The van der Waals surface area contributed by atoms with E-state index < -0.39 is 5.41 Å². The summed E-state index contributed by atoms with van der Waals surface area (Å²) in [6.45, 7) is 6.49. The van der Waals surface area contributed by atoms with Gasteiger partial charge >= 0.3 is 11.9 Å². The van der Waals surface area contributed by atoms with Gasteiger partial charge in [0.2, 0.25) is 0 Å². The van der Waals surface area contributed by atoms with Gasteiger partial charge in [0.1, 0.15) is 0 Å². The van der Waals surface area contributed by atoms with Crippen molar-refractivity contribution in [2.24, 2.45) is 16.7 Å². The van der Waals surface area contributed by atoms with Crippen LogP contribution in [0.1, 0.15) is 46.5 Å². The van der Waals surface area contributed by atoms with Gasteiger partial charge in [0.05, 0.1) is 11.8 Å². The lowest BCUT2D eigenvalue weighted by Crippen LogP contribution is -2.39. The van der Waals surface area contributed by atoms with E-state index in [-0.39, 0.29) is 17.4 Å². The lowest BCUT2D eigenvalue weighted by molar-refractivity contribution is -0.157. The van der Waals surface area contributed by atoms with Gasteiger partial charge in [0.25, 0.3) is 0 Å². The second-order valence-corrected chi connectivity index (χ2v) is 6.07. The first-order valence-electron chi connectivity index (χ1n) is 5.58. The van der Waals surface area contributed by atoms with E-state index in [9.17, 15) is 9.59 Å². The summed E-state index contributed by atoms with van der Waals surface area (Å²) in [5.74, 6) is -0.135. The zero-order chi connectivity index (χ0) is 11.3. The Morgan fingerprint density at radius 1 is 1.27 bits per heavy atom. The number of hydrogen-bond donors (Lipinski definition) is 0. The first-order chi connectivity index (χ1) is 6.83. The molecule has 1 heterocycles. The Kier molecular flexibility index (Phi) is 2.18. The Balaban J connectivity index is 2.28. The van der Waals surface area contributed by atoms with Crippen LogP contribution in [-0.4, -0.2) is 11.9 Å². The number of rotatable bonds is 0. The second-order valence-electron chi connectivity index (χ2n) is 6.07. The molecule has 0 radical (unpaired) electrons. The van der Waals surface area contributed by atoms with E-state index in [1.54, 1.807) is 0 Å². The van der Waals surface area contributed by atoms with Crippen molar-refractivity contribution in [2.45, 2.75) is 46.5 Å². The van der Waals surface area contributed by atoms with Crippen molar-refractivity contribution in [1.82, 2.24) is 0 Å². The lowest BCUT2D eigenvalue weighted by Gasteiger charge is -2.42. The van der Waals surface area contributed by atoms with Crippen LogP contribution in [0, 0.1) is 16.7 Å². The largest absolute Gasteiger partial charge is 0.393 e. The lowest BCUT2D eigenvalue weighted by atomic mass is 9.60. The van der Waals surface area contributed by atoms with Gasteiger partial charge in [-0.2, -0.15) is 0 Å². The molecule has 0 unspecified atom stereocenters. The zero-order valence-electron chi connectivity index (χ0n) is 9.63. The van der Waals surface area contributed by atoms with Crippen LogP contribution in [0.3, 0.4) is 0 Å². The SMILES string of the molecule is C[C@@H]1CC(C)(C)C[C@]2(CC(=O)OC2=O)C1. The third-order valence-electron chi connectivity index (χ3n) is 3.58. The number of ether oxygens (including phenoxy) is 1. The van der Waals surface area contributed by atoms with Gasteiger partial charge in [-0.15, -0.1) is 0 Å². The normalized spacial score (nSPS) is 39.5. The molecular formula is C12H18O3. The van der Waals surface area contributed by atoms with Crippen LogP contribution in [0.4, 0.5) is 0 Å². The molecule has 1 saturated carbocycles. The van der Waals surface area contributed by atoms with Crippen LogP contribution >= 0.6 is 0 Å². The maximum atomic E-state index is 11.8. The molecule has 15 heavy (non-hydrogen) atoms. The minimum atomic E-state index is -0.502. The quantitative estimate of drug-likeness (QED) is 0.455. The highest BCUT2D eigenvalue weighted by Gasteiger charge is 2.54. The van der Waals surface area contributed by atoms with Crippen LogP contribution in [0.5, 0.6) is 0 Å². The average molecular weight is 210 g/mol. The summed E-state index contributed by atoms with van der Waals surface area (Å²) < 4.78 is 4.72. The molecule has 0 aromatic heterocycles. The van der Waals surface area contributed by atoms with Crippen molar-refractivity contribution in [3.05, 3.63) is 0 Å². The molecule has 3 heteroatoms. The third kappa shape index (κ3) is 1.80. The van der Waals surface area contributed by atoms with E-state index in [1.807, 2.05) is 0 Å². The fourth-order valence-corrected chi connectivity index (χ4v) is 3.63. The number of hydrogen-bond acceptors (Lipinski definition) is 3. The molecule has 2 rings (SSSR count). The molecule has 0 amide bonds. The number of carbonyl (C=O) groups is 2. The van der Waals surface area contributed by atoms with Gasteiger partial charge in [0, 0.05) is 0 Å². The van der Waals surface area contributed by atoms with Crippen LogP contribution < -0.4 is 0 Å². The van der Waals surface area contributed by atoms with Crippen LogP contribution in [0.15, 0.2) is 0 Å². The number of esters is 2. The monoisotopic (exact) mass is 210 g/mol. The first-order valence-corrected chi connectivity index (χ1v) is 5.58. The summed E-state index contributed by atoms with van der Waals surface area (Å²) in [6.07, 6.45) is 3.01. The summed E-state index contributed by atoms with van der Waals surface area (Å²) in [7, 11) is 0. The van der Waals surface area contributed by atoms with Gasteiger partial charge < -0.3 is 4.74 Å². The molecule has 3 nitrogen and oxygen atoms in total. The average Bonchev–Trinajstić information content (AvgIpc) is 2.20. The molecule has 2 atom stereocenters. The minimum Gasteiger partial charge on any atom is -0.393 e. The van der Waals surface area contributed by atoms with E-state index in [2.05, 4.69) is 20.8 Å². The Morgan fingerprint density at radius 2 is 1.93 bits per heavy atom. The Morgan fingerprint density at radius 3 is 2.40 bits per heavy atom. The Labute approximate surface area is 90.2 Å². The van der Waals surface area contributed by atoms with Crippen molar-refractivity contribution < 1.29 is 14.3 Å². The van der Waals surface area contributed by atoms with Crippen molar-refractivity contribution >= 4 is 11.9 Å². The zero-order valence-corrected chi connectivity index (χ0v) is 9.63. The summed E-state index contributed by atoms with van der Waals surface area (Å²) in [5, 5.41) is 0. The number of carbonyl (C=O) groups excluding carboxylic acids is 2. The smallest absolute Gasteiger partial charge is 0.320 e. The van der Waals surface area contributed by atoms with Gasteiger partial charge in [-0.3, -0.25) is 9.59 Å². The Bertz CT molecular complexity index is 319. The molecule has 1 aliphatic heterocycles. The van der Waals surface area contributed by atoms with E-state index in [1.165, 1.54) is 0 Å². The van der Waals surface area contributed by atoms with Crippen LogP contribution in [0.25, 0.3) is 0 Å². The highest BCUT2D eigenvalue weighted by molar-refractivity contribution is 5.97. The fourth-order valence-electron chi connectivity index (χ4n) is 3.63. The van der Waals surface area contributed by atoms with Gasteiger partial charge in [-0.1, -0.05) is 20.8 Å². The number of cyclic esters (lactones) is 2. The molecule has 1 saturated heterocycles. The molecule has 0 aromatic carbocycles. The molecule has 0 bridgehead atoms. The minimum absolute atomic E-state index is 0.140. The van der Waals surface area contributed by atoms with Crippen molar-refractivity contribution in [2.75, 3.05) is 0 Å².